The zero-order valence-corrected chi connectivity index (χ0v) is 7.90. The fourth-order valence-electron chi connectivity index (χ4n) is 0.751. The quantitative estimate of drug-likeness (QED) is 0.294. The molecule has 0 unspecified atom stereocenters. The van der Waals surface area contributed by atoms with Crippen LogP contribution in [0, 0.1) is 0 Å². The number of unbranched alkanes of at least 4 members (excludes halogenated alkanes) is 2. The maximum absolute atomic E-state index is 10.6. The van der Waals surface area contributed by atoms with Crippen molar-refractivity contribution in [2.75, 3.05) is 13.7 Å². The van der Waals surface area contributed by atoms with E-state index in [4.69, 9.17) is 5.11 Å². The number of rotatable bonds is 6. The molecule has 0 fully saturated rings. The van der Waals surface area contributed by atoms with Gasteiger partial charge in [0.15, 0.2) is 0 Å². The molecule has 0 atom stereocenters. The van der Waals surface area contributed by atoms with Gasteiger partial charge in [0.05, 0.1) is 7.11 Å². The number of carbonyl (C=O) groups excluding carboxylic acids is 1. The Labute approximate surface area is 78.7 Å². The molecule has 3 nitrogen and oxygen atoms in total. The second kappa shape index (κ2) is 9.00. The van der Waals surface area contributed by atoms with Crippen molar-refractivity contribution in [3.05, 3.63) is 24.3 Å². The molecule has 0 radical (unpaired) electrons. The lowest BCUT2D eigenvalue weighted by Gasteiger charge is -1.89. The molecule has 0 bridgehead atoms. The molecule has 0 heterocycles. The van der Waals surface area contributed by atoms with Crippen molar-refractivity contribution in [3.63, 3.8) is 0 Å². The van der Waals surface area contributed by atoms with Crippen molar-refractivity contribution in [1.29, 1.82) is 0 Å². The fraction of sp³-hybridized carbons (Fsp3) is 0.500. The number of aliphatic hydroxyl groups excluding tert-OH is 1. The first-order valence-electron chi connectivity index (χ1n) is 4.33. The van der Waals surface area contributed by atoms with E-state index in [2.05, 4.69) is 4.74 Å². The van der Waals surface area contributed by atoms with Gasteiger partial charge in [-0.25, -0.2) is 4.79 Å². The Balaban J connectivity index is 3.40. The van der Waals surface area contributed by atoms with Crippen molar-refractivity contribution in [2.45, 2.75) is 19.3 Å². The summed E-state index contributed by atoms with van der Waals surface area (Å²) < 4.78 is 4.40. The van der Waals surface area contributed by atoms with Crippen LogP contribution in [0.1, 0.15) is 19.3 Å². The molecular formula is C10H16O3. The van der Waals surface area contributed by atoms with Crippen LogP contribution in [0.25, 0.3) is 0 Å². The predicted molar refractivity (Wildman–Crippen MR) is 51.2 cm³/mol. The lowest BCUT2D eigenvalue weighted by molar-refractivity contribution is -0.134. The van der Waals surface area contributed by atoms with Crippen LogP contribution >= 0.6 is 0 Å². The average Bonchev–Trinajstić information content (AvgIpc) is 2.16. The third kappa shape index (κ3) is 8.82. The maximum atomic E-state index is 10.6. The second-order valence-electron chi connectivity index (χ2n) is 2.53. The first-order chi connectivity index (χ1) is 6.31. The molecule has 0 saturated carbocycles. The minimum atomic E-state index is -0.347. The first-order valence-corrected chi connectivity index (χ1v) is 4.33. The molecule has 0 rings (SSSR count). The number of aliphatic hydroxyl groups is 1. The average molecular weight is 184 g/mol. The highest BCUT2D eigenvalue weighted by Gasteiger charge is 1.86. The van der Waals surface area contributed by atoms with Crippen molar-refractivity contribution in [2.24, 2.45) is 0 Å². The van der Waals surface area contributed by atoms with Crippen LogP contribution in [0.15, 0.2) is 24.3 Å². The van der Waals surface area contributed by atoms with Gasteiger partial charge in [-0.15, -0.1) is 0 Å². The minimum absolute atomic E-state index is 0.242. The van der Waals surface area contributed by atoms with Crippen molar-refractivity contribution < 1.29 is 14.6 Å². The van der Waals surface area contributed by atoms with E-state index in [9.17, 15) is 4.79 Å². The normalized spacial score (nSPS) is 11.2. The molecule has 74 valence electrons. The van der Waals surface area contributed by atoms with Gasteiger partial charge in [-0.1, -0.05) is 18.2 Å². The number of ether oxygens (including phenoxy) is 1. The largest absolute Gasteiger partial charge is 0.466 e. The fourth-order valence-corrected chi connectivity index (χ4v) is 0.751. The third-order valence-corrected chi connectivity index (χ3v) is 1.46. The van der Waals surface area contributed by atoms with E-state index in [1.54, 1.807) is 12.2 Å². The Hall–Kier alpha value is -1.09. The van der Waals surface area contributed by atoms with Gasteiger partial charge >= 0.3 is 5.97 Å². The van der Waals surface area contributed by atoms with Gasteiger partial charge in [0.1, 0.15) is 0 Å². The highest BCUT2D eigenvalue weighted by atomic mass is 16.5. The smallest absolute Gasteiger partial charge is 0.330 e. The predicted octanol–water partition coefficient (Wildman–Crippen LogP) is 1.43. The van der Waals surface area contributed by atoms with E-state index < -0.39 is 0 Å². The van der Waals surface area contributed by atoms with E-state index in [1.807, 2.05) is 6.08 Å². The summed E-state index contributed by atoms with van der Waals surface area (Å²) in [6.45, 7) is 0.242. The van der Waals surface area contributed by atoms with Gasteiger partial charge in [-0.05, 0) is 19.3 Å². The highest BCUT2D eigenvalue weighted by Crippen LogP contribution is 1.95. The van der Waals surface area contributed by atoms with Crippen LogP contribution < -0.4 is 0 Å². The Kier molecular flexibility index (Phi) is 8.25. The molecule has 1 N–H and O–H groups in total. The van der Waals surface area contributed by atoms with Crippen LogP contribution in [0.5, 0.6) is 0 Å². The number of hydrogen-bond donors (Lipinski definition) is 1. The highest BCUT2D eigenvalue weighted by molar-refractivity contribution is 5.82. The van der Waals surface area contributed by atoms with Gasteiger partial charge in [0.2, 0.25) is 0 Å². The monoisotopic (exact) mass is 184 g/mol. The van der Waals surface area contributed by atoms with Crippen LogP contribution in [0.3, 0.4) is 0 Å². The molecule has 0 aromatic heterocycles. The number of methoxy groups -OCH3 is 1. The molecular weight excluding hydrogens is 168 g/mol. The molecule has 0 spiro atoms. The summed E-state index contributed by atoms with van der Waals surface area (Å²) in [4.78, 5) is 10.6. The molecule has 0 aliphatic rings. The van der Waals surface area contributed by atoms with Gasteiger partial charge < -0.3 is 9.84 Å². The second-order valence-corrected chi connectivity index (χ2v) is 2.53. The standard InChI is InChI=1S/C10H16O3/c1-13-10(12)8-6-4-2-3-5-7-9-11/h2,4,6,8,11H,3,5,7,9H2,1H3/b4-2+,8-6+. The van der Waals surface area contributed by atoms with Gasteiger partial charge in [0, 0.05) is 12.7 Å². The van der Waals surface area contributed by atoms with Crippen LogP contribution in [-0.2, 0) is 9.53 Å². The Morgan fingerprint density at radius 3 is 2.77 bits per heavy atom. The molecule has 0 saturated heterocycles. The lowest BCUT2D eigenvalue weighted by Crippen LogP contribution is -1.92. The van der Waals surface area contributed by atoms with E-state index >= 15 is 0 Å². The summed E-state index contributed by atoms with van der Waals surface area (Å²) in [5.41, 5.74) is 0. The molecule has 3 heteroatoms. The topological polar surface area (TPSA) is 46.5 Å². The maximum Gasteiger partial charge on any atom is 0.330 e. The zero-order chi connectivity index (χ0) is 9.94. The van der Waals surface area contributed by atoms with Crippen LogP contribution in [0.2, 0.25) is 0 Å². The Morgan fingerprint density at radius 1 is 1.38 bits per heavy atom. The van der Waals surface area contributed by atoms with E-state index in [0.29, 0.717) is 0 Å². The Morgan fingerprint density at radius 2 is 2.15 bits per heavy atom. The summed E-state index contributed by atoms with van der Waals surface area (Å²) >= 11 is 0. The van der Waals surface area contributed by atoms with E-state index in [-0.39, 0.29) is 12.6 Å². The number of hydrogen-bond acceptors (Lipinski definition) is 3. The van der Waals surface area contributed by atoms with Gasteiger partial charge in [0.25, 0.3) is 0 Å². The third-order valence-electron chi connectivity index (χ3n) is 1.46. The number of esters is 1. The SMILES string of the molecule is COC(=O)/C=C/C=C/CCCCO. The Bertz CT molecular complexity index is 183. The summed E-state index contributed by atoms with van der Waals surface area (Å²) in [6.07, 6.45) is 9.48. The number of allylic oxidation sites excluding steroid dienone is 3. The van der Waals surface area contributed by atoms with Gasteiger partial charge in [-0.2, -0.15) is 0 Å². The molecule has 0 aliphatic heterocycles. The van der Waals surface area contributed by atoms with Gasteiger partial charge in [-0.3, -0.25) is 0 Å². The molecule has 0 aromatic rings. The molecule has 0 amide bonds. The zero-order valence-electron chi connectivity index (χ0n) is 7.90. The van der Waals surface area contributed by atoms with Crippen LogP contribution in [-0.4, -0.2) is 24.8 Å². The summed E-state index contributed by atoms with van der Waals surface area (Å²) in [5.74, 6) is -0.347. The first kappa shape index (κ1) is 11.9. The summed E-state index contributed by atoms with van der Waals surface area (Å²) in [7, 11) is 1.34. The number of carbonyl (C=O) groups is 1. The van der Waals surface area contributed by atoms with Crippen LogP contribution in [0.4, 0.5) is 0 Å². The van der Waals surface area contributed by atoms with Crippen molar-refractivity contribution in [1.82, 2.24) is 0 Å². The van der Waals surface area contributed by atoms with Crippen molar-refractivity contribution >= 4 is 5.97 Å². The summed E-state index contributed by atoms with van der Waals surface area (Å²) in [5, 5.41) is 8.47. The minimum Gasteiger partial charge on any atom is -0.466 e. The van der Waals surface area contributed by atoms with Crippen molar-refractivity contribution in [3.8, 4) is 0 Å². The van der Waals surface area contributed by atoms with E-state index in [0.717, 1.165) is 19.3 Å². The summed E-state index contributed by atoms with van der Waals surface area (Å²) in [6, 6.07) is 0. The lowest BCUT2D eigenvalue weighted by atomic mass is 10.2. The molecule has 0 aromatic carbocycles. The molecule has 13 heavy (non-hydrogen) atoms. The van der Waals surface area contributed by atoms with E-state index in [1.165, 1.54) is 13.2 Å². The molecule has 0 aliphatic carbocycles.